The molecule has 7 nitrogen and oxygen atoms in total. The van der Waals surface area contributed by atoms with E-state index in [2.05, 4.69) is 25.4 Å². The molecule has 9 heteroatoms. The Labute approximate surface area is 192 Å². The van der Waals surface area contributed by atoms with Crippen molar-refractivity contribution in [1.82, 2.24) is 20.1 Å². The third-order valence-electron chi connectivity index (χ3n) is 5.51. The van der Waals surface area contributed by atoms with Gasteiger partial charge in [0, 0.05) is 24.4 Å². The molecule has 1 fully saturated rings. The van der Waals surface area contributed by atoms with Crippen molar-refractivity contribution in [1.29, 1.82) is 0 Å². The molecule has 31 heavy (non-hydrogen) atoms. The molecule has 2 amide bonds. The molecule has 0 unspecified atom stereocenters. The number of amides is 2. The van der Waals surface area contributed by atoms with Gasteiger partial charge in [-0.05, 0) is 44.1 Å². The number of carbonyl (C=O) groups is 2. The molecule has 0 atom stereocenters. The Morgan fingerprint density at radius 3 is 2.61 bits per heavy atom. The lowest BCUT2D eigenvalue weighted by Gasteiger charge is -2.16. The monoisotopic (exact) mass is 463 g/mol. The van der Waals surface area contributed by atoms with Crippen molar-refractivity contribution < 1.29 is 9.59 Å². The van der Waals surface area contributed by atoms with E-state index in [1.54, 1.807) is 11.8 Å². The van der Waals surface area contributed by atoms with Crippen LogP contribution in [0.2, 0.25) is 0 Å². The minimum Gasteiger partial charge on any atom is -0.351 e. The zero-order valence-electron chi connectivity index (χ0n) is 19.1. The predicted octanol–water partition coefficient (Wildman–Crippen LogP) is 4.83. The molecule has 2 aromatic heterocycles. The zero-order chi connectivity index (χ0) is 22.6. The van der Waals surface area contributed by atoms with Crippen LogP contribution in [0.25, 0.3) is 0 Å². The van der Waals surface area contributed by atoms with Crippen LogP contribution >= 0.6 is 23.1 Å². The van der Waals surface area contributed by atoms with Gasteiger partial charge in [-0.3, -0.25) is 9.59 Å². The molecule has 0 aromatic carbocycles. The van der Waals surface area contributed by atoms with Gasteiger partial charge in [0.15, 0.2) is 5.16 Å². The first-order chi connectivity index (χ1) is 14.7. The lowest BCUT2D eigenvalue weighted by atomic mass is 9.96. The fraction of sp³-hybridized carbons (Fsp3) is 0.636. The Morgan fingerprint density at radius 1 is 1.26 bits per heavy atom. The summed E-state index contributed by atoms with van der Waals surface area (Å²) in [6.45, 7) is 8.07. The number of hydrogen-bond donors (Lipinski definition) is 2. The highest BCUT2D eigenvalue weighted by molar-refractivity contribution is 7.98. The van der Waals surface area contributed by atoms with Crippen molar-refractivity contribution in [3.05, 3.63) is 22.3 Å². The average Bonchev–Trinajstić information content (AvgIpc) is 3.43. The SMILES string of the molecule is CSc1nnc(CCCNC(=O)c2sc(NC(=O)C(C)(C)C)cc2C)n1C1CCCC1. The molecule has 3 rings (SSSR count). The molecule has 1 aliphatic carbocycles. The van der Waals surface area contributed by atoms with Gasteiger partial charge in [-0.15, -0.1) is 21.5 Å². The molecule has 0 saturated heterocycles. The minimum atomic E-state index is -0.477. The number of thiophene rings is 1. The van der Waals surface area contributed by atoms with Crippen LogP contribution in [0.5, 0.6) is 0 Å². The van der Waals surface area contributed by atoms with E-state index in [-0.39, 0.29) is 11.8 Å². The lowest BCUT2D eigenvalue weighted by molar-refractivity contribution is -0.123. The van der Waals surface area contributed by atoms with Gasteiger partial charge >= 0.3 is 0 Å². The minimum absolute atomic E-state index is 0.0586. The average molecular weight is 464 g/mol. The molecule has 0 bridgehead atoms. The Morgan fingerprint density at radius 2 is 1.97 bits per heavy atom. The molecule has 1 aliphatic rings. The van der Waals surface area contributed by atoms with Crippen LogP contribution in [0.1, 0.15) is 80.0 Å². The fourth-order valence-corrected chi connectivity index (χ4v) is 5.30. The maximum atomic E-state index is 12.6. The van der Waals surface area contributed by atoms with E-state index in [9.17, 15) is 9.59 Å². The van der Waals surface area contributed by atoms with Crippen LogP contribution in [-0.4, -0.2) is 39.4 Å². The van der Waals surface area contributed by atoms with Gasteiger partial charge in [0.2, 0.25) is 5.91 Å². The standard InChI is InChI=1S/C22H33N5O2S2/c1-14-13-17(24-20(29)22(2,3)4)31-18(14)19(28)23-12-8-11-16-25-26-21(30-5)27(16)15-9-6-7-10-15/h13,15H,6-12H2,1-5H3,(H,23,28)(H,24,29). The van der Waals surface area contributed by atoms with Gasteiger partial charge in [0.05, 0.1) is 9.88 Å². The first kappa shape index (κ1) is 23.8. The van der Waals surface area contributed by atoms with E-state index in [1.807, 2.05) is 40.0 Å². The summed E-state index contributed by atoms with van der Waals surface area (Å²) in [4.78, 5) is 25.5. The highest BCUT2D eigenvalue weighted by Crippen LogP contribution is 2.33. The molecule has 0 spiro atoms. The molecule has 2 heterocycles. The normalized spacial score (nSPS) is 14.7. The molecule has 1 saturated carbocycles. The number of anilines is 1. The van der Waals surface area contributed by atoms with Crippen LogP contribution in [0.4, 0.5) is 5.00 Å². The number of carbonyl (C=O) groups excluding carboxylic acids is 2. The van der Waals surface area contributed by atoms with Gasteiger partial charge in [0.1, 0.15) is 5.82 Å². The number of thioether (sulfide) groups is 1. The third-order valence-corrected chi connectivity index (χ3v) is 7.31. The van der Waals surface area contributed by atoms with Gasteiger partial charge in [0.25, 0.3) is 5.91 Å². The largest absolute Gasteiger partial charge is 0.351 e. The number of nitrogens with one attached hydrogen (secondary N) is 2. The van der Waals surface area contributed by atoms with E-state index in [0.29, 0.717) is 22.5 Å². The Kier molecular flexibility index (Phi) is 7.80. The topological polar surface area (TPSA) is 88.9 Å². The maximum Gasteiger partial charge on any atom is 0.261 e. The summed E-state index contributed by atoms with van der Waals surface area (Å²) in [5.74, 6) is 0.863. The Bertz CT molecular complexity index is 923. The first-order valence-corrected chi connectivity index (χ1v) is 12.9. The summed E-state index contributed by atoms with van der Waals surface area (Å²) >= 11 is 2.96. The van der Waals surface area contributed by atoms with Crippen LogP contribution < -0.4 is 10.6 Å². The van der Waals surface area contributed by atoms with Crippen molar-refractivity contribution in [3.8, 4) is 0 Å². The number of aryl methyl sites for hydroxylation is 2. The summed E-state index contributed by atoms with van der Waals surface area (Å²) in [5.41, 5.74) is 0.396. The summed E-state index contributed by atoms with van der Waals surface area (Å²) in [7, 11) is 0. The first-order valence-electron chi connectivity index (χ1n) is 10.9. The lowest BCUT2D eigenvalue weighted by Crippen LogP contribution is -2.27. The molecule has 2 aromatic rings. The second kappa shape index (κ2) is 10.2. The molecular weight excluding hydrogens is 430 g/mol. The van der Waals surface area contributed by atoms with Gasteiger partial charge in [-0.2, -0.15) is 0 Å². The smallest absolute Gasteiger partial charge is 0.261 e. The van der Waals surface area contributed by atoms with Gasteiger partial charge < -0.3 is 15.2 Å². The van der Waals surface area contributed by atoms with E-state index >= 15 is 0 Å². The molecule has 2 N–H and O–H groups in total. The molecule has 0 aliphatic heterocycles. The zero-order valence-corrected chi connectivity index (χ0v) is 20.7. The quantitative estimate of drug-likeness (QED) is 0.432. The maximum absolute atomic E-state index is 12.6. The van der Waals surface area contributed by atoms with Crippen molar-refractivity contribution >= 4 is 39.9 Å². The third kappa shape index (κ3) is 5.88. The molecule has 170 valence electrons. The predicted molar refractivity (Wildman–Crippen MR) is 127 cm³/mol. The molecular formula is C22H33N5O2S2. The van der Waals surface area contributed by atoms with Gasteiger partial charge in [-0.1, -0.05) is 45.4 Å². The van der Waals surface area contributed by atoms with E-state index in [1.165, 1.54) is 37.0 Å². The van der Waals surface area contributed by atoms with E-state index < -0.39 is 5.41 Å². The fourth-order valence-electron chi connectivity index (χ4n) is 3.74. The van der Waals surface area contributed by atoms with E-state index in [4.69, 9.17) is 0 Å². The second-order valence-electron chi connectivity index (χ2n) is 9.10. The number of aromatic nitrogens is 3. The van der Waals surface area contributed by atoms with Crippen molar-refractivity contribution in [2.75, 3.05) is 18.1 Å². The van der Waals surface area contributed by atoms with Gasteiger partial charge in [-0.25, -0.2) is 0 Å². The van der Waals surface area contributed by atoms with Crippen molar-refractivity contribution in [3.63, 3.8) is 0 Å². The Balaban J connectivity index is 1.53. The van der Waals surface area contributed by atoms with Crippen LogP contribution in [0.15, 0.2) is 11.2 Å². The second-order valence-corrected chi connectivity index (χ2v) is 10.9. The van der Waals surface area contributed by atoms with Crippen molar-refractivity contribution in [2.24, 2.45) is 5.41 Å². The number of rotatable bonds is 8. The number of hydrogen-bond acceptors (Lipinski definition) is 6. The van der Waals surface area contributed by atoms with Crippen LogP contribution in [-0.2, 0) is 11.2 Å². The number of nitrogens with zero attached hydrogens (tertiary/aromatic N) is 3. The summed E-state index contributed by atoms with van der Waals surface area (Å²) in [6, 6.07) is 2.37. The van der Waals surface area contributed by atoms with Crippen LogP contribution in [0.3, 0.4) is 0 Å². The van der Waals surface area contributed by atoms with Crippen LogP contribution in [0, 0.1) is 12.3 Å². The van der Waals surface area contributed by atoms with E-state index in [0.717, 1.165) is 29.4 Å². The summed E-state index contributed by atoms with van der Waals surface area (Å²) < 4.78 is 2.31. The van der Waals surface area contributed by atoms with Crippen molar-refractivity contribution in [2.45, 2.75) is 77.4 Å². The summed E-state index contributed by atoms with van der Waals surface area (Å²) in [5, 5.41) is 16.4. The molecule has 0 radical (unpaired) electrons. The highest BCUT2D eigenvalue weighted by Gasteiger charge is 2.24. The highest BCUT2D eigenvalue weighted by atomic mass is 32.2. The Hall–Kier alpha value is -1.87. The summed E-state index contributed by atoms with van der Waals surface area (Å²) in [6.07, 6.45) is 8.57.